The number of hydrogen-bond acceptors (Lipinski definition) is 4. The van der Waals surface area contributed by atoms with Crippen molar-refractivity contribution in [3.05, 3.63) is 24.5 Å². The maximum Gasteiger partial charge on any atom is 0.219 e. The van der Waals surface area contributed by atoms with Crippen LogP contribution in [-0.4, -0.2) is 23.1 Å². The third kappa shape index (κ3) is 4.85. The molecule has 0 aliphatic rings. The van der Waals surface area contributed by atoms with E-state index in [2.05, 4.69) is 35.7 Å². The summed E-state index contributed by atoms with van der Waals surface area (Å²) in [6, 6.07) is 1.83. The number of hydrogen-bond donors (Lipinski definition) is 1. The largest absolute Gasteiger partial charge is 0.473 e. The molecule has 0 fully saturated rings. The first-order valence-corrected chi connectivity index (χ1v) is 6.15. The van der Waals surface area contributed by atoms with Crippen molar-refractivity contribution in [1.82, 2.24) is 9.97 Å². The number of aromatic nitrogens is 2. The summed E-state index contributed by atoms with van der Waals surface area (Å²) in [5, 5.41) is 3.25. The van der Waals surface area contributed by atoms with Crippen LogP contribution in [0.1, 0.15) is 32.5 Å². The van der Waals surface area contributed by atoms with E-state index in [1.807, 2.05) is 6.07 Å². The lowest BCUT2D eigenvalue weighted by Gasteiger charge is -2.09. The Balaban J connectivity index is 2.79. The zero-order valence-corrected chi connectivity index (χ0v) is 10.7. The van der Waals surface area contributed by atoms with Gasteiger partial charge in [-0.25, -0.2) is 4.98 Å². The van der Waals surface area contributed by atoms with Crippen LogP contribution in [-0.2, 0) is 6.42 Å². The second kappa shape index (κ2) is 7.65. The summed E-state index contributed by atoms with van der Waals surface area (Å²) >= 11 is 0. The molecule has 1 aromatic rings. The van der Waals surface area contributed by atoms with Gasteiger partial charge < -0.3 is 10.1 Å². The molecule has 1 aromatic heterocycles. The lowest BCUT2D eigenvalue weighted by Crippen LogP contribution is -2.07. The molecule has 0 aliphatic heterocycles. The molecule has 4 heteroatoms. The van der Waals surface area contributed by atoms with Gasteiger partial charge in [0.25, 0.3) is 0 Å². The van der Waals surface area contributed by atoms with E-state index in [-0.39, 0.29) is 0 Å². The Morgan fingerprint density at radius 1 is 1.35 bits per heavy atom. The van der Waals surface area contributed by atoms with Crippen molar-refractivity contribution in [3.63, 3.8) is 0 Å². The van der Waals surface area contributed by atoms with Crippen molar-refractivity contribution < 1.29 is 4.74 Å². The Labute approximate surface area is 103 Å². The maximum atomic E-state index is 5.45. The molecule has 17 heavy (non-hydrogen) atoms. The molecular formula is C13H21N3O. The molecule has 0 aromatic carbocycles. The second-order valence-electron chi connectivity index (χ2n) is 3.78. The van der Waals surface area contributed by atoms with Crippen LogP contribution in [0.3, 0.4) is 0 Å². The van der Waals surface area contributed by atoms with E-state index in [1.165, 1.54) is 0 Å². The monoisotopic (exact) mass is 235 g/mol. The van der Waals surface area contributed by atoms with Crippen molar-refractivity contribution in [3.8, 4) is 5.88 Å². The standard InChI is InChI=1S/C13H21N3O/c1-4-7-11-15-12(14-8-5-2)10-13(16-11)17-9-6-3/h6,10H,3-5,7-9H2,1-2H3,(H,14,15,16). The summed E-state index contributed by atoms with van der Waals surface area (Å²) in [6.45, 7) is 9.23. The minimum absolute atomic E-state index is 0.468. The summed E-state index contributed by atoms with van der Waals surface area (Å²) in [5.74, 6) is 2.28. The van der Waals surface area contributed by atoms with Gasteiger partial charge >= 0.3 is 0 Å². The normalized spacial score (nSPS) is 10.0. The van der Waals surface area contributed by atoms with E-state index in [4.69, 9.17) is 4.74 Å². The van der Waals surface area contributed by atoms with E-state index in [9.17, 15) is 0 Å². The van der Waals surface area contributed by atoms with Gasteiger partial charge in [-0.15, -0.1) is 0 Å². The van der Waals surface area contributed by atoms with Crippen LogP contribution in [0, 0.1) is 0 Å². The summed E-state index contributed by atoms with van der Waals surface area (Å²) in [4.78, 5) is 8.79. The average Bonchev–Trinajstić information content (AvgIpc) is 2.34. The summed E-state index contributed by atoms with van der Waals surface area (Å²) in [5.41, 5.74) is 0. The molecule has 0 saturated heterocycles. The summed E-state index contributed by atoms with van der Waals surface area (Å²) in [6.07, 6.45) is 4.67. The Kier molecular flexibility index (Phi) is 6.07. The summed E-state index contributed by atoms with van der Waals surface area (Å²) in [7, 11) is 0. The van der Waals surface area contributed by atoms with Crippen molar-refractivity contribution in [2.75, 3.05) is 18.5 Å². The first kappa shape index (κ1) is 13.5. The first-order valence-electron chi connectivity index (χ1n) is 6.15. The topological polar surface area (TPSA) is 47.0 Å². The fourth-order valence-corrected chi connectivity index (χ4v) is 1.37. The van der Waals surface area contributed by atoms with Gasteiger partial charge in [-0.2, -0.15) is 4.98 Å². The van der Waals surface area contributed by atoms with Gasteiger partial charge in [-0.05, 0) is 12.8 Å². The SMILES string of the molecule is C=CCOc1cc(NCCC)nc(CCC)n1. The fourth-order valence-electron chi connectivity index (χ4n) is 1.37. The highest BCUT2D eigenvalue weighted by Crippen LogP contribution is 2.14. The molecular weight excluding hydrogens is 214 g/mol. The Morgan fingerprint density at radius 3 is 2.82 bits per heavy atom. The first-order chi connectivity index (χ1) is 8.30. The smallest absolute Gasteiger partial charge is 0.219 e. The minimum atomic E-state index is 0.468. The second-order valence-corrected chi connectivity index (χ2v) is 3.78. The lowest BCUT2D eigenvalue weighted by atomic mass is 10.3. The molecule has 0 saturated carbocycles. The fraction of sp³-hybridized carbons (Fsp3) is 0.538. The maximum absolute atomic E-state index is 5.45. The molecule has 0 amide bonds. The minimum Gasteiger partial charge on any atom is -0.473 e. The predicted octanol–water partition coefficient (Wildman–Crippen LogP) is 2.82. The van der Waals surface area contributed by atoms with Crippen LogP contribution >= 0.6 is 0 Å². The molecule has 0 radical (unpaired) electrons. The van der Waals surface area contributed by atoms with Gasteiger partial charge in [0.1, 0.15) is 18.2 Å². The Hall–Kier alpha value is -1.58. The van der Waals surface area contributed by atoms with Gasteiger partial charge in [0, 0.05) is 19.0 Å². The molecule has 1 heterocycles. The number of ether oxygens (including phenoxy) is 1. The van der Waals surface area contributed by atoms with E-state index in [1.54, 1.807) is 6.08 Å². The molecule has 4 nitrogen and oxygen atoms in total. The van der Waals surface area contributed by atoms with E-state index < -0.39 is 0 Å². The number of anilines is 1. The molecule has 1 N–H and O–H groups in total. The number of rotatable bonds is 8. The van der Waals surface area contributed by atoms with Crippen LogP contribution in [0.25, 0.3) is 0 Å². The molecule has 0 spiro atoms. The Morgan fingerprint density at radius 2 is 2.18 bits per heavy atom. The lowest BCUT2D eigenvalue weighted by molar-refractivity contribution is 0.346. The highest BCUT2D eigenvalue weighted by Gasteiger charge is 2.04. The van der Waals surface area contributed by atoms with Gasteiger partial charge in [0.15, 0.2) is 0 Å². The van der Waals surface area contributed by atoms with Crippen LogP contribution < -0.4 is 10.1 Å². The van der Waals surface area contributed by atoms with Gasteiger partial charge in [-0.1, -0.05) is 26.5 Å². The average molecular weight is 235 g/mol. The molecule has 94 valence electrons. The quantitative estimate of drug-likeness (QED) is 0.704. The van der Waals surface area contributed by atoms with E-state index in [0.29, 0.717) is 12.5 Å². The van der Waals surface area contributed by atoms with Crippen LogP contribution in [0.4, 0.5) is 5.82 Å². The van der Waals surface area contributed by atoms with Crippen molar-refractivity contribution >= 4 is 5.82 Å². The van der Waals surface area contributed by atoms with Gasteiger partial charge in [0.2, 0.25) is 5.88 Å². The van der Waals surface area contributed by atoms with Crippen LogP contribution in [0.5, 0.6) is 5.88 Å². The summed E-state index contributed by atoms with van der Waals surface area (Å²) < 4.78 is 5.45. The van der Waals surface area contributed by atoms with Crippen LogP contribution in [0.2, 0.25) is 0 Å². The molecule has 0 aliphatic carbocycles. The number of nitrogens with zero attached hydrogens (tertiary/aromatic N) is 2. The molecule has 0 atom stereocenters. The van der Waals surface area contributed by atoms with Crippen molar-refractivity contribution in [2.45, 2.75) is 33.1 Å². The molecule has 1 rings (SSSR count). The van der Waals surface area contributed by atoms with Gasteiger partial charge in [0.05, 0.1) is 0 Å². The zero-order chi connectivity index (χ0) is 12.5. The highest BCUT2D eigenvalue weighted by molar-refractivity contribution is 5.38. The van der Waals surface area contributed by atoms with E-state index >= 15 is 0 Å². The van der Waals surface area contributed by atoms with E-state index in [0.717, 1.165) is 37.4 Å². The number of nitrogens with one attached hydrogen (secondary N) is 1. The van der Waals surface area contributed by atoms with Crippen LogP contribution in [0.15, 0.2) is 18.7 Å². The van der Waals surface area contributed by atoms with Crippen molar-refractivity contribution in [1.29, 1.82) is 0 Å². The number of aryl methyl sites for hydroxylation is 1. The Bertz CT molecular complexity index is 353. The van der Waals surface area contributed by atoms with Crippen molar-refractivity contribution in [2.24, 2.45) is 0 Å². The third-order valence-electron chi connectivity index (χ3n) is 2.13. The highest BCUT2D eigenvalue weighted by atomic mass is 16.5. The predicted molar refractivity (Wildman–Crippen MR) is 70.5 cm³/mol. The zero-order valence-electron chi connectivity index (χ0n) is 10.7. The van der Waals surface area contributed by atoms with Gasteiger partial charge in [-0.3, -0.25) is 0 Å². The molecule has 0 unspecified atom stereocenters. The molecule has 0 bridgehead atoms. The third-order valence-corrected chi connectivity index (χ3v) is 2.13.